The minimum atomic E-state index is -0.134. The average molecular weight is 288 g/mol. The van der Waals surface area contributed by atoms with Gasteiger partial charge in [0.1, 0.15) is 0 Å². The maximum atomic E-state index is 11.9. The number of hydrogen-bond donors (Lipinski definition) is 2. The fraction of sp³-hybridized carbons (Fsp3) is 0.200. The van der Waals surface area contributed by atoms with E-state index in [1.54, 1.807) is 35.7 Å². The molecule has 0 spiro atoms. The Hall–Kier alpha value is -2.14. The Morgan fingerprint density at radius 3 is 2.10 bits per heavy atom. The van der Waals surface area contributed by atoms with E-state index in [9.17, 15) is 9.59 Å². The van der Waals surface area contributed by atoms with Crippen molar-refractivity contribution >= 4 is 34.5 Å². The number of thiophene rings is 1. The second-order valence-electron chi connectivity index (χ2n) is 4.69. The predicted molar refractivity (Wildman–Crippen MR) is 82.2 cm³/mol. The number of rotatable bonds is 4. The van der Waals surface area contributed by atoms with Crippen molar-refractivity contribution < 1.29 is 9.59 Å². The maximum Gasteiger partial charge on any atom is 0.256 e. The van der Waals surface area contributed by atoms with Crippen LogP contribution in [0.5, 0.6) is 0 Å². The number of hydrogen-bond acceptors (Lipinski definition) is 3. The van der Waals surface area contributed by atoms with E-state index in [2.05, 4.69) is 10.6 Å². The van der Waals surface area contributed by atoms with Crippen molar-refractivity contribution in [3.63, 3.8) is 0 Å². The van der Waals surface area contributed by atoms with Crippen LogP contribution in [0.4, 0.5) is 11.4 Å². The fourth-order valence-electron chi connectivity index (χ4n) is 1.52. The van der Waals surface area contributed by atoms with Gasteiger partial charge in [0.25, 0.3) is 5.91 Å². The molecule has 2 aromatic rings. The minimum absolute atomic E-state index is 0.0277. The van der Waals surface area contributed by atoms with Gasteiger partial charge < -0.3 is 10.6 Å². The molecule has 1 heterocycles. The van der Waals surface area contributed by atoms with Crippen molar-refractivity contribution in [2.45, 2.75) is 13.8 Å². The molecule has 2 amide bonds. The van der Waals surface area contributed by atoms with E-state index >= 15 is 0 Å². The van der Waals surface area contributed by atoms with Crippen molar-refractivity contribution in [3.8, 4) is 0 Å². The summed E-state index contributed by atoms with van der Waals surface area (Å²) in [5, 5.41) is 9.26. The Kier molecular flexibility index (Phi) is 4.53. The summed E-state index contributed by atoms with van der Waals surface area (Å²) >= 11 is 1.48. The van der Waals surface area contributed by atoms with Gasteiger partial charge in [0.2, 0.25) is 5.91 Å². The summed E-state index contributed by atoms with van der Waals surface area (Å²) in [6.07, 6.45) is 0. The van der Waals surface area contributed by atoms with Crippen LogP contribution in [0, 0.1) is 5.92 Å². The van der Waals surface area contributed by atoms with Crippen LogP contribution in [0.3, 0.4) is 0 Å². The van der Waals surface area contributed by atoms with E-state index < -0.39 is 0 Å². The van der Waals surface area contributed by atoms with Crippen LogP contribution < -0.4 is 10.6 Å². The van der Waals surface area contributed by atoms with Crippen LogP contribution in [0.2, 0.25) is 0 Å². The molecule has 0 saturated carbocycles. The first-order valence-electron chi connectivity index (χ1n) is 6.31. The Morgan fingerprint density at radius 1 is 1.00 bits per heavy atom. The summed E-state index contributed by atoms with van der Waals surface area (Å²) in [5.41, 5.74) is 2.06. The lowest BCUT2D eigenvalue weighted by Crippen LogP contribution is -2.17. The zero-order chi connectivity index (χ0) is 14.5. The molecule has 0 atom stereocenters. The standard InChI is InChI=1S/C15H16N2O2S/c1-10(2)14(18)16-12-3-5-13(6-4-12)17-15(19)11-7-8-20-9-11/h3-10H,1-2H3,(H,16,18)(H,17,19). The Balaban J connectivity index is 1.98. The van der Waals surface area contributed by atoms with E-state index in [0.29, 0.717) is 11.3 Å². The van der Waals surface area contributed by atoms with Crippen molar-refractivity contribution in [3.05, 3.63) is 46.7 Å². The van der Waals surface area contributed by atoms with Gasteiger partial charge in [-0.25, -0.2) is 0 Å². The Labute approximate surface area is 121 Å². The van der Waals surface area contributed by atoms with Crippen LogP contribution in [0.1, 0.15) is 24.2 Å². The quantitative estimate of drug-likeness (QED) is 0.903. The van der Waals surface area contributed by atoms with Crippen LogP contribution in [0.15, 0.2) is 41.1 Å². The highest BCUT2D eigenvalue weighted by molar-refractivity contribution is 7.08. The zero-order valence-corrected chi connectivity index (χ0v) is 12.2. The summed E-state index contributed by atoms with van der Waals surface area (Å²) in [5.74, 6) is -0.224. The highest BCUT2D eigenvalue weighted by Crippen LogP contribution is 2.16. The fourth-order valence-corrected chi connectivity index (χ4v) is 2.16. The van der Waals surface area contributed by atoms with E-state index in [1.807, 2.05) is 19.2 Å². The lowest BCUT2D eigenvalue weighted by molar-refractivity contribution is -0.118. The normalized spacial score (nSPS) is 10.3. The second kappa shape index (κ2) is 6.34. The molecule has 4 nitrogen and oxygen atoms in total. The summed E-state index contributed by atoms with van der Waals surface area (Å²) < 4.78 is 0. The molecule has 0 aliphatic carbocycles. The number of nitrogens with one attached hydrogen (secondary N) is 2. The Bertz CT molecular complexity index is 589. The lowest BCUT2D eigenvalue weighted by atomic mass is 10.2. The van der Waals surface area contributed by atoms with Gasteiger partial charge in [0, 0.05) is 22.7 Å². The third-order valence-corrected chi connectivity index (χ3v) is 3.40. The topological polar surface area (TPSA) is 58.2 Å². The van der Waals surface area contributed by atoms with Crippen LogP contribution >= 0.6 is 11.3 Å². The highest BCUT2D eigenvalue weighted by atomic mass is 32.1. The monoisotopic (exact) mass is 288 g/mol. The molecular formula is C15H16N2O2S. The summed E-state index contributed by atoms with van der Waals surface area (Å²) in [6.45, 7) is 3.68. The molecule has 104 valence electrons. The van der Waals surface area contributed by atoms with Crippen molar-refractivity contribution in [1.29, 1.82) is 0 Å². The van der Waals surface area contributed by atoms with Crippen LogP contribution in [0.25, 0.3) is 0 Å². The molecule has 5 heteroatoms. The first kappa shape index (κ1) is 14.3. The average Bonchev–Trinajstić information content (AvgIpc) is 2.95. The van der Waals surface area contributed by atoms with Gasteiger partial charge in [0.15, 0.2) is 0 Å². The van der Waals surface area contributed by atoms with Gasteiger partial charge in [-0.2, -0.15) is 11.3 Å². The molecule has 0 radical (unpaired) electrons. The third-order valence-electron chi connectivity index (χ3n) is 2.72. The number of anilines is 2. The van der Waals surface area contributed by atoms with Crippen molar-refractivity contribution in [1.82, 2.24) is 0 Å². The van der Waals surface area contributed by atoms with Crippen molar-refractivity contribution in [2.75, 3.05) is 10.6 Å². The highest BCUT2D eigenvalue weighted by Gasteiger charge is 2.08. The number of benzene rings is 1. The molecule has 2 rings (SSSR count). The molecule has 0 bridgehead atoms. The SMILES string of the molecule is CC(C)C(=O)Nc1ccc(NC(=O)c2ccsc2)cc1. The summed E-state index contributed by atoms with van der Waals surface area (Å²) in [4.78, 5) is 23.4. The molecule has 20 heavy (non-hydrogen) atoms. The molecule has 1 aromatic heterocycles. The molecule has 0 aliphatic heterocycles. The second-order valence-corrected chi connectivity index (χ2v) is 5.47. The smallest absolute Gasteiger partial charge is 0.256 e. The zero-order valence-electron chi connectivity index (χ0n) is 11.3. The van der Waals surface area contributed by atoms with Gasteiger partial charge in [-0.05, 0) is 35.7 Å². The maximum absolute atomic E-state index is 11.9. The van der Waals surface area contributed by atoms with E-state index in [0.717, 1.165) is 5.69 Å². The third kappa shape index (κ3) is 3.68. The minimum Gasteiger partial charge on any atom is -0.326 e. The molecule has 1 aromatic carbocycles. The van der Waals surface area contributed by atoms with E-state index in [-0.39, 0.29) is 17.7 Å². The number of amides is 2. The van der Waals surface area contributed by atoms with Crippen molar-refractivity contribution in [2.24, 2.45) is 5.92 Å². The van der Waals surface area contributed by atoms with E-state index in [1.165, 1.54) is 11.3 Å². The van der Waals surface area contributed by atoms with Gasteiger partial charge in [-0.1, -0.05) is 13.8 Å². The summed E-state index contributed by atoms with van der Waals surface area (Å²) in [7, 11) is 0. The predicted octanol–water partition coefficient (Wildman–Crippen LogP) is 3.59. The van der Waals surface area contributed by atoms with Gasteiger partial charge in [-0.3, -0.25) is 9.59 Å². The van der Waals surface area contributed by atoms with Gasteiger partial charge >= 0.3 is 0 Å². The van der Waals surface area contributed by atoms with Gasteiger partial charge in [0.05, 0.1) is 5.56 Å². The molecular weight excluding hydrogens is 272 g/mol. The summed E-state index contributed by atoms with van der Waals surface area (Å²) in [6, 6.07) is 8.84. The first-order chi connectivity index (χ1) is 9.56. The molecule has 0 aliphatic rings. The molecule has 0 unspecified atom stereocenters. The van der Waals surface area contributed by atoms with Crippen LogP contribution in [-0.4, -0.2) is 11.8 Å². The molecule has 2 N–H and O–H groups in total. The van der Waals surface area contributed by atoms with Gasteiger partial charge in [-0.15, -0.1) is 0 Å². The molecule has 0 saturated heterocycles. The van der Waals surface area contributed by atoms with E-state index in [4.69, 9.17) is 0 Å². The van der Waals surface area contributed by atoms with Crippen LogP contribution in [-0.2, 0) is 4.79 Å². The molecule has 0 fully saturated rings. The number of carbonyl (C=O) groups is 2. The largest absolute Gasteiger partial charge is 0.326 e. The Morgan fingerprint density at radius 2 is 1.60 bits per heavy atom. The number of carbonyl (C=O) groups excluding carboxylic acids is 2. The lowest BCUT2D eigenvalue weighted by Gasteiger charge is -2.09. The first-order valence-corrected chi connectivity index (χ1v) is 7.25.